The van der Waals surface area contributed by atoms with Crippen LogP contribution in [0.15, 0.2) is 10.7 Å². The van der Waals surface area contributed by atoms with Gasteiger partial charge in [-0.1, -0.05) is 13.3 Å². The van der Waals surface area contributed by atoms with Gasteiger partial charge in [-0.15, -0.1) is 0 Å². The molecule has 1 fully saturated rings. The van der Waals surface area contributed by atoms with Crippen LogP contribution >= 0.6 is 15.9 Å². The van der Waals surface area contributed by atoms with E-state index in [1.54, 1.807) is 6.20 Å². The van der Waals surface area contributed by atoms with Gasteiger partial charge in [-0.25, -0.2) is 4.98 Å². The topological polar surface area (TPSA) is 70.1 Å². The van der Waals surface area contributed by atoms with Crippen molar-refractivity contribution in [1.29, 1.82) is 0 Å². The highest BCUT2D eigenvalue weighted by atomic mass is 79.9. The third-order valence-electron chi connectivity index (χ3n) is 3.01. The molecular weight excluding hydrogens is 296 g/mol. The van der Waals surface area contributed by atoms with E-state index in [1.807, 2.05) is 0 Å². The van der Waals surface area contributed by atoms with E-state index >= 15 is 0 Å². The second-order valence-electron chi connectivity index (χ2n) is 4.64. The van der Waals surface area contributed by atoms with E-state index in [9.17, 15) is 5.11 Å². The maximum Gasteiger partial charge on any atom is 0.224 e. The molecule has 0 radical (unpaired) electrons. The molecule has 0 aromatic carbocycles. The highest BCUT2D eigenvalue weighted by Gasteiger charge is 2.27. The van der Waals surface area contributed by atoms with E-state index in [1.165, 1.54) is 0 Å². The monoisotopic (exact) mass is 314 g/mol. The van der Waals surface area contributed by atoms with Crippen molar-refractivity contribution in [2.45, 2.75) is 44.8 Å². The van der Waals surface area contributed by atoms with E-state index in [4.69, 9.17) is 0 Å². The standard InChI is InChI=1S/C12H19BrN4O/c1-2-3-4-14-12-15-7-10(13)11(17-12)16-8-5-9(18)6-8/h7-9,18H,2-6H2,1H3,(H2,14,15,16,17). The fourth-order valence-corrected chi connectivity index (χ4v) is 2.13. The lowest BCUT2D eigenvalue weighted by Crippen LogP contribution is -2.39. The van der Waals surface area contributed by atoms with Crippen LogP contribution in [-0.2, 0) is 0 Å². The number of nitrogens with one attached hydrogen (secondary N) is 2. The fraction of sp³-hybridized carbons (Fsp3) is 0.667. The van der Waals surface area contributed by atoms with Crippen LogP contribution in [0.5, 0.6) is 0 Å². The molecule has 0 saturated heterocycles. The van der Waals surface area contributed by atoms with Gasteiger partial charge in [-0.3, -0.25) is 0 Å². The van der Waals surface area contributed by atoms with Crippen LogP contribution in [0.1, 0.15) is 32.6 Å². The molecule has 1 aliphatic rings. The molecule has 0 amide bonds. The lowest BCUT2D eigenvalue weighted by molar-refractivity contribution is 0.0835. The van der Waals surface area contributed by atoms with Gasteiger partial charge in [0.2, 0.25) is 5.95 Å². The van der Waals surface area contributed by atoms with Gasteiger partial charge in [0, 0.05) is 18.8 Å². The molecule has 5 nitrogen and oxygen atoms in total. The summed E-state index contributed by atoms with van der Waals surface area (Å²) < 4.78 is 0.852. The Morgan fingerprint density at radius 3 is 2.94 bits per heavy atom. The molecule has 0 bridgehead atoms. The van der Waals surface area contributed by atoms with Crippen LogP contribution in [0.3, 0.4) is 0 Å². The Kier molecular flexibility index (Phi) is 4.77. The molecule has 1 aromatic heterocycles. The number of aromatic nitrogens is 2. The Hall–Kier alpha value is -0.880. The third-order valence-corrected chi connectivity index (χ3v) is 3.59. The molecule has 18 heavy (non-hydrogen) atoms. The molecule has 1 saturated carbocycles. The van der Waals surface area contributed by atoms with Crippen LogP contribution in [0.25, 0.3) is 0 Å². The molecule has 0 unspecified atom stereocenters. The van der Waals surface area contributed by atoms with E-state index in [0.717, 1.165) is 42.5 Å². The minimum atomic E-state index is -0.162. The van der Waals surface area contributed by atoms with E-state index in [-0.39, 0.29) is 6.10 Å². The summed E-state index contributed by atoms with van der Waals surface area (Å²) in [6.45, 7) is 3.04. The first-order valence-electron chi connectivity index (χ1n) is 6.40. The lowest BCUT2D eigenvalue weighted by atomic mass is 9.89. The molecular formula is C12H19BrN4O. The normalized spacial score (nSPS) is 22.4. The molecule has 6 heteroatoms. The summed E-state index contributed by atoms with van der Waals surface area (Å²) >= 11 is 3.43. The summed E-state index contributed by atoms with van der Waals surface area (Å²) in [5, 5.41) is 15.8. The zero-order valence-corrected chi connectivity index (χ0v) is 12.1. The maximum absolute atomic E-state index is 9.27. The number of hydrogen-bond acceptors (Lipinski definition) is 5. The quantitative estimate of drug-likeness (QED) is 0.703. The molecule has 1 aliphatic carbocycles. The van der Waals surface area contributed by atoms with Gasteiger partial charge in [0.1, 0.15) is 5.82 Å². The van der Waals surface area contributed by atoms with Crippen LogP contribution < -0.4 is 10.6 Å². The predicted molar refractivity (Wildman–Crippen MR) is 75.8 cm³/mol. The van der Waals surface area contributed by atoms with Crippen LogP contribution in [0, 0.1) is 0 Å². The number of aliphatic hydroxyl groups is 1. The molecule has 1 aromatic rings. The van der Waals surface area contributed by atoms with E-state index < -0.39 is 0 Å². The average molecular weight is 315 g/mol. The summed E-state index contributed by atoms with van der Waals surface area (Å²) in [7, 11) is 0. The Morgan fingerprint density at radius 2 is 2.28 bits per heavy atom. The number of rotatable bonds is 6. The van der Waals surface area contributed by atoms with Crippen molar-refractivity contribution in [3.63, 3.8) is 0 Å². The molecule has 0 spiro atoms. The van der Waals surface area contributed by atoms with Gasteiger partial charge >= 0.3 is 0 Å². The van der Waals surface area contributed by atoms with Crippen molar-refractivity contribution in [3.8, 4) is 0 Å². The number of unbranched alkanes of at least 4 members (excludes halogenated alkanes) is 1. The molecule has 0 aliphatic heterocycles. The van der Waals surface area contributed by atoms with Gasteiger partial charge in [0.05, 0.1) is 10.6 Å². The van der Waals surface area contributed by atoms with Crippen LogP contribution in [0.2, 0.25) is 0 Å². The van der Waals surface area contributed by atoms with Gasteiger partial charge in [-0.2, -0.15) is 4.98 Å². The van der Waals surface area contributed by atoms with Crippen molar-refractivity contribution >= 4 is 27.7 Å². The van der Waals surface area contributed by atoms with Gasteiger partial charge in [-0.05, 0) is 35.2 Å². The summed E-state index contributed by atoms with van der Waals surface area (Å²) in [6, 6.07) is 0.315. The summed E-state index contributed by atoms with van der Waals surface area (Å²) in [5.41, 5.74) is 0. The zero-order chi connectivity index (χ0) is 13.0. The molecule has 100 valence electrons. The summed E-state index contributed by atoms with van der Waals surface area (Å²) in [5.74, 6) is 1.44. The van der Waals surface area contributed by atoms with Crippen molar-refractivity contribution in [2.24, 2.45) is 0 Å². The van der Waals surface area contributed by atoms with Crippen molar-refractivity contribution in [3.05, 3.63) is 10.7 Å². The number of hydrogen-bond donors (Lipinski definition) is 3. The first-order valence-corrected chi connectivity index (χ1v) is 7.19. The van der Waals surface area contributed by atoms with E-state index in [2.05, 4.69) is 43.5 Å². The Morgan fingerprint density at radius 1 is 1.50 bits per heavy atom. The van der Waals surface area contributed by atoms with Crippen molar-refractivity contribution < 1.29 is 5.11 Å². The van der Waals surface area contributed by atoms with E-state index in [0.29, 0.717) is 12.0 Å². The highest BCUT2D eigenvalue weighted by Crippen LogP contribution is 2.27. The largest absolute Gasteiger partial charge is 0.393 e. The molecule has 0 atom stereocenters. The SMILES string of the molecule is CCCCNc1ncc(Br)c(NC2CC(O)C2)n1. The fourth-order valence-electron chi connectivity index (χ4n) is 1.83. The predicted octanol–water partition coefficient (Wildman–Crippen LogP) is 2.39. The summed E-state index contributed by atoms with van der Waals surface area (Å²) in [6.07, 6.45) is 5.42. The Labute approximate surface area is 116 Å². The average Bonchev–Trinajstić information content (AvgIpc) is 2.31. The minimum Gasteiger partial charge on any atom is -0.393 e. The number of nitrogens with zero attached hydrogens (tertiary/aromatic N) is 2. The highest BCUT2D eigenvalue weighted by molar-refractivity contribution is 9.10. The maximum atomic E-state index is 9.27. The number of aliphatic hydroxyl groups excluding tert-OH is 1. The first kappa shape index (κ1) is 13.5. The van der Waals surface area contributed by atoms with Gasteiger partial charge in [0.15, 0.2) is 0 Å². The first-order chi connectivity index (χ1) is 8.69. The molecule has 1 heterocycles. The third kappa shape index (κ3) is 3.55. The molecule has 2 rings (SSSR count). The minimum absolute atomic E-state index is 0.162. The van der Waals surface area contributed by atoms with Crippen molar-refractivity contribution in [2.75, 3.05) is 17.2 Å². The zero-order valence-electron chi connectivity index (χ0n) is 10.5. The number of anilines is 2. The smallest absolute Gasteiger partial charge is 0.224 e. The van der Waals surface area contributed by atoms with Gasteiger partial charge in [0.25, 0.3) is 0 Å². The molecule has 3 N–H and O–H groups in total. The lowest BCUT2D eigenvalue weighted by Gasteiger charge is -2.32. The summed E-state index contributed by atoms with van der Waals surface area (Å²) in [4.78, 5) is 8.65. The Balaban J connectivity index is 1.93. The van der Waals surface area contributed by atoms with Crippen molar-refractivity contribution in [1.82, 2.24) is 9.97 Å². The Bertz CT molecular complexity index is 396. The van der Waals surface area contributed by atoms with Gasteiger partial charge < -0.3 is 15.7 Å². The second-order valence-corrected chi connectivity index (χ2v) is 5.49. The second kappa shape index (κ2) is 6.33. The van der Waals surface area contributed by atoms with Crippen LogP contribution in [-0.4, -0.2) is 33.8 Å². The van der Waals surface area contributed by atoms with Crippen LogP contribution in [0.4, 0.5) is 11.8 Å². The number of halogens is 1.